The molecule has 5 nitrogen and oxygen atoms in total. The fourth-order valence-electron chi connectivity index (χ4n) is 2.75. The number of nitrogens with two attached hydrogens (primary N) is 1. The monoisotopic (exact) mass is 297 g/mol. The van der Waals surface area contributed by atoms with Crippen LogP contribution in [0.2, 0.25) is 0 Å². The fraction of sp³-hybridized carbons (Fsp3) is 0.571. The summed E-state index contributed by atoms with van der Waals surface area (Å²) < 4.78 is 23.4. The highest BCUT2D eigenvalue weighted by atomic mass is 32.2. The highest BCUT2D eigenvalue weighted by Crippen LogP contribution is 2.30. The van der Waals surface area contributed by atoms with Crippen molar-refractivity contribution in [3.8, 4) is 0 Å². The van der Waals surface area contributed by atoms with Crippen molar-refractivity contribution >= 4 is 21.2 Å². The van der Waals surface area contributed by atoms with E-state index in [1.807, 2.05) is 6.07 Å². The molecule has 0 aliphatic carbocycles. The number of nitrogens with zero attached hydrogens (tertiary/aromatic N) is 1. The van der Waals surface area contributed by atoms with Crippen molar-refractivity contribution in [3.63, 3.8) is 0 Å². The lowest BCUT2D eigenvalue weighted by atomic mass is 10.00. The molecule has 1 heterocycles. The Morgan fingerprint density at radius 1 is 1.25 bits per heavy atom. The predicted octanol–water partition coefficient (Wildman–Crippen LogP) is 2.26. The Morgan fingerprint density at radius 2 is 1.85 bits per heavy atom. The molecule has 0 spiro atoms. The molecular formula is C14H23N3O2S. The van der Waals surface area contributed by atoms with Gasteiger partial charge in [-0.15, -0.1) is 0 Å². The summed E-state index contributed by atoms with van der Waals surface area (Å²) in [7, 11) is -3.31. The predicted molar refractivity (Wildman–Crippen MR) is 82.2 cm³/mol. The van der Waals surface area contributed by atoms with Crippen molar-refractivity contribution < 1.29 is 8.42 Å². The maximum atomic E-state index is 11.7. The van der Waals surface area contributed by atoms with Crippen molar-refractivity contribution in [3.05, 3.63) is 18.2 Å². The van der Waals surface area contributed by atoms with Gasteiger partial charge in [0.05, 0.1) is 16.3 Å². The summed E-state index contributed by atoms with van der Waals surface area (Å²) >= 11 is 0. The number of nitrogens with one attached hydrogen (secondary N) is 1. The minimum atomic E-state index is -3.31. The molecule has 0 aromatic heterocycles. The van der Waals surface area contributed by atoms with E-state index in [0.29, 0.717) is 23.5 Å². The normalized spacial score (nSPS) is 24.6. The van der Waals surface area contributed by atoms with Crippen LogP contribution in [0, 0.1) is 0 Å². The highest BCUT2D eigenvalue weighted by Gasteiger charge is 2.25. The van der Waals surface area contributed by atoms with Gasteiger partial charge in [0, 0.05) is 18.3 Å². The molecule has 0 bridgehead atoms. The molecule has 1 aliphatic rings. The number of para-hydroxylation sites is 1. The van der Waals surface area contributed by atoms with Crippen LogP contribution in [-0.4, -0.2) is 31.8 Å². The van der Waals surface area contributed by atoms with E-state index in [1.165, 1.54) is 12.7 Å². The van der Waals surface area contributed by atoms with Gasteiger partial charge in [0.1, 0.15) is 0 Å². The van der Waals surface area contributed by atoms with Gasteiger partial charge in [-0.05, 0) is 38.8 Å². The lowest BCUT2D eigenvalue weighted by Crippen LogP contribution is -2.47. The Bertz CT molecular complexity index is 576. The molecule has 2 rings (SSSR count). The van der Waals surface area contributed by atoms with E-state index in [4.69, 9.17) is 5.73 Å². The number of hydrazine groups is 1. The van der Waals surface area contributed by atoms with Gasteiger partial charge >= 0.3 is 0 Å². The van der Waals surface area contributed by atoms with E-state index < -0.39 is 9.84 Å². The van der Waals surface area contributed by atoms with E-state index in [2.05, 4.69) is 24.3 Å². The molecule has 1 saturated heterocycles. The Balaban J connectivity index is 2.30. The van der Waals surface area contributed by atoms with Gasteiger partial charge in [0.25, 0.3) is 0 Å². The second-order valence-electron chi connectivity index (χ2n) is 5.64. The molecule has 1 fully saturated rings. The van der Waals surface area contributed by atoms with Crippen molar-refractivity contribution in [2.24, 2.45) is 0 Å². The molecule has 0 saturated carbocycles. The van der Waals surface area contributed by atoms with Crippen molar-refractivity contribution in [1.82, 2.24) is 5.01 Å². The first-order chi connectivity index (χ1) is 9.30. The summed E-state index contributed by atoms with van der Waals surface area (Å²) in [5, 5.41) is 2.17. The van der Waals surface area contributed by atoms with Crippen LogP contribution < -0.4 is 11.2 Å². The third-order valence-corrected chi connectivity index (χ3v) is 5.06. The van der Waals surface area contributed by atoms with E-state index in [1.54, 1.807) is 12.1 Å². The lowest BCUT2D eigenvalue weighted by molar-refractivity contribution is 0.136. The van der Waals surface area contributed by atoms with Crippen LogP contribution in [0.4, 0.5) is 11.4 Å². The molecule has 2 atom stereocenters. The van der Waals surface area contributed by atoms with Gasteiger partial charge in [-0.1, -0.05) is 12.5 Å². The average Bonchev–Trinajstić information content (AvgIpc) is 2.34. The summed E-state index contributed by atoms with van der Waals surface area (Å²) in [6.07, 6.45) is 4.65. The molecule has 3 N–H and O–H groups in total. The first kappa shape index (κ1) is 15.1. The quantitative estimate of drug-likeness (QED) is 0.837. The molecular weight excluding hydrogens is 274 g/mol. The molecule has 20 heavy (non-hydrogen) atoms. The number of rotatable bonds is 3. The van der Waals surface area contributed by atoms with Gasteiger partial charge in [-0.25, -0.2) is 13.4 Å². The Kier molecular flexibility index (Phi) is 4.25. The number of hydrogen-bond donors (Lipinski definition) is 2. The van der Waals surface area contributed by atoms with Crippen molar-refractivity contribution in [1.29, 1.82) is 0 Å². The van der Waals surface area contributed by atoms with Crippen LogP contribution in [0.3, 0.4) is 0 Å². The Hall–Kier alpha value is -1.27. The number of hydrogen-bond acceptors (Lipinski definition) is 5. The number of sulfone groups is 1. The van der Waals surface area contributed by atoms with Crippen LogP contribution in [-0.2, 0) is 9.84 Å². The first-order valence-electron chi connectivity index (χ1n) is 6.94. The minimum absolute atomic E-state index is 0.180. The average molecular weight is 297 g/mol. The summed E-state index contributed by atoms with van der Waals surface area (Å²) in [5.74, 6) is 0. The number of anilines is 2. The zero-order valence-electron chi connectivity index (χ0n) is 12.3. The maximum Gasteiger partial charge on any atom is 0.177 e. The molecule has 0 radical (unpaired) electrons. The maximum absolute atomic E-state index is 11.7. The molecule has 112 valence electrons. The zero-order chi connectivity index (χ0) is 14.9. The topological polar surface area (TPSA) is 75.4 Å². The van der Waals surface area contributed by atoms with Gasteiger partial charge in [0.2, 0.25) is 0 Å². The Morgan fingerprint density at radius 3 is 2.40 bits per heavy atom. The molecule has 1 aliphatic heterocycles. The van der Waals surface area contributed by atoms with Gasteiger partial charge in [-0.2, -0.15) is 0 Å². The van der Waals surface area contributed by atoms with E-state index in [9.17, 15) is 8.42 Å². The third-order valence-electron chi connectivity index (χ3n) is 3.91. The molecule has 2 unspecified atom stereocenters. The number of piperidine rings is 1. The molecule has 6 heteroatoms. The van der Waals surface area contributed by atoms with E-state index >= 15 is 0 Å². The summed E-state index contributed by atoms with van der Waals surface area (Å²) in [6.45, 7) is 4.33. The molecule has 0 amide bonds. The number of benzene rings is 1. The fourth-order valence-corrected chi connectivity index (χ4v) is 3.58. The largest absolute Gasteiger partial charge is 0.396 e. The highest BCUT2D eigenvalue weighted by molar-refractivity contribution is 7.90. The summed E-state index contributed by atoms with van der Waals surface area (Å²) in [6, 6.07) is 5.88. The van der Waals surface area contributed by atoms with Crippen LogP contribution in [0.1, 0.15) is 33.1 Å². The first-order valence-corrected chi connectivity index (χ1v) is 8.83. The van der Waals surface area contributed by atoms with Crippen LogP contribution in [0.5, 0.6) is 0 Å². The Labute approximate surface area is 121 Å². The van der Waals surface area contributed by atoms with Gasteiger partial charge < -0.3 is 11.2 Å². The lowest BCUT2D eigenvalue weighted by Gasteiger charge is -2.39. The van der Waals surface area contributed by atoms with Crippen LogP contribution in [0.25, 0.3) is 0 Å². The van der Waals surface area contributed by atoms with Crippen LogP contribution >= 0.6 is 0 Å². The standard InChI is InChI=1S/C14H23N3O2S/c1-10-6-4-7-11(2)17(10)16-12-8-5-9-13(14(12)15)20(3,18)19/h5,8-11,16H,4,6-7,15H2,1-3H3. The summed E-state index contributed by atoms with van der Waals surface area (Å²) in [4.78, 5) is 0.180. The van der Waals surface area contributed by atoms with Crippen molar-refractivity contribution in [2.45, 2.75) is 50.1 Å². The van der Waals surface area contributed by atoms with Gasteiger partial charge in [-0.3, -0.25) is 0 Å². The van der Waals surface area contributed by atoms with Crippen molar-refractivity contribution in [2.75, 3.05) is 17.4 Å². The molecule has 1 aromatic rings. The van der Waals surface area contributed by atoms with E-state index in [0.717, 1.165) is 12.8 Å². The summed E-state index contributed by atoms with van der Waals surface area (Å²) in [5.41, 5.74) is 10.3. The third kappa shape index (κ3) is 3.07. The smallest absolute Gasteiger partial charge is 0.177 e. The zero-order valence-corrected chi connectivity index (χ0v) is 13.1. The SMILES string of the molecule is CC1CCCC(C)N1Nc1cccc(S(C)(=O)=O)c1N. The van der Waals surface area contributed by atoms with Gasteiger partial charge in [0.15, 0.2) is 9.84 Å². The second-order valence-corrected chi connectivity index (χ2v) is 7.62. The molecule has 1 aromatic carbocycles. The minimum Gasteiger partial charge on any atom is -0.396 e. The van der Waals surface area contributed by atoms with Crippen LogP contribution in [0.15, 0.2) is 23.1 Å². The van der Waals surface area contributed by atoms with E-state index in [-0.39, 0.29) is 4.90 Å². The number of nitrogen functional groups attached to an aromatic ring is 1. The second kappa shape index (κ2) is 5.61.